The van der Waals surface area contributed by atoms with Crippen molar-refractivity contribution in [1.82, 2.24) is 4.98 Å². The van der Waals surface area contributed by atoms with Crippen LogP contribution in [0.5, 0.6) is 0 Å². The van der Waals surface area contributed by atoms with Crippen molar-refractivity contribution in [2.45, 2.75) is 24.3 Å². The Morgan fingerprint density at radius 1 is 1.47 bits per heavy atom. The molecule has 3 rings (SSSR count). The first-order valence-electron chi connectivity index (χ1n) is 5.62. The molecule has 1 fully saturated rings. The molecule has 0 spiro atoms. The normalized spacial score (nSPS) is 22.1. The van der Waals surface area contributed by atoms with Crippen molar-refractivity contribution in [3.05, 3.63) is 34.3 Å². The lowest BCUT2D eigenvalue weighted by Crippen LogP contribution is -2.12. The summed E-state index contributed by atoms with van der Waals surface area (Å²) in [7, 11) is 0. The van der Waals surface area contributed by atoms with Gasteiger partial charge < -0.3 is 9.15 Å². The molecule has 1 aromatic heterocycles. The zero-order valence-corrected chi connectivity index (χ0v) is 9.87. The highest BCUT2D eigenvalue weighted by atomic mass is 35.5. The molecule has 2 unspecified atom stereocenters. The molecule has 4 nitrogen and oxygen atoms in total. The maximum absolute atomic E-state index is 11.0. The maximum atomic E-state index is 11.0. The van der Waals surface area contributed by atoms with Gasteiger partial charge in [-0.3, -0.25) is 4.98 Å². The van der Waals surface area contributed by atoms with Crippen LogP contribution in [0, 0.1) is 0 Å². The fourth-order valence-electron chi connectivity index (χ4n) is 2.18. The standard InChI is InChI=1S/C12H12ClNO3/c13-11(9-2-1-5-16-9)7-3-4-8-10(6-7)17-12(15)14-8/h3-4,6,9,11H,1-2,5H2,(H,14,15). The minimum Gasteiger partial charge on any atom is -0.408 e. The molecule has 0 saturated carbocycles. The molecule has 1 aromatic carbocycles. The molecule has 1 saturated heterocycles. The monoisotopic (exact) mass is 253 g/mol. The van der Waals surface area contributed by atoms with E-state index in [2.05, 4.69) is 4.98 Å². The average Bonchev–Trinajstić information content (AvgIpc) is 2.94. The zero-order valence-electron chi connectivity index (χ0n) is 9.11. The van der Waals surface area contributed by atoms with Crippen molar-refractivity contribution >= 4 is 22.7 Å². The van der Waals surface area contributed by atoms with Gasteiger partial charge in [-0.05, 0) is 30.5 Å². The summed E-state index contributed by atoms with van der Waals surface area (Å²) in [4.78, 5) is 13.6. The third-order valence-corrected chi connectivity index (χ3v) is 3.59. The Morgan fingerprint density at radius 3 is 3.12 bits per heavy atom. The number of aromatic amines is 1. The molecule has 0 bridgehead atoms. The van der Waals surface area contributed by atoms with Crippen molar-refractivity contribution in [2.75, 3.05) is 6.61 Å². The molecule has 1 aliphatic rings. The number of ether oxygens (including phenoxy) is 1. The zero-order chi connectivity index (χ0) is 11.8. The highest BCUT2D eigenvalue weighted by Crippen LogP contribution is 2.33. The van der Waals surface area contributed by atoms with Crippen LogP contribution in [0.3, 0.4) is 0 Å². The molecule has 2 heterocycles. The maximum Gasteiger partial charge on any atom is 0.417 e. The van der Waals surface area contributed by atoms with Crippen LogP contribution in [-0.2, 0) is 4.74 Å². The molecule has 0 radical (unpaired) electrons. The van der Waals surface area contributed by atoms with E-state index in [0.717, 1.165) is 25.0 Å². The second kappa shape index (κ2) is 4.20. The Balaban J connectivity index is 1.96. The van der Waals surface area contributed by atoms with Gasteiger partial charge in [0.25, 0.3) is 0 Å². The van der Waals surface area contributed by atoms with Gasteiger partial charge in [-0.25, -0.2) is 4.79 Å². The predicted molar refractivity (Wildman–Crippen MR) is 64.4 cm³/mol. The van der Waals surface area contributed by atoms with Crippen molar-refractivity contribution in [1.29, 1.82) is 0 Å². The SMILES string of the molecule is O=c1[nH]c2ccc(C(Cl)C3CCCO3)cc2o1. The van der Waals surface area contributed by atoms with Gasteiger partial charge in [0.2, 0.25) is 0 Å². The van der Waals surface area contributed by atoms with E-state index in [-0.39, 0.29) is 11.5 Å². The minimum absolute atomic E-state index is 0.0554. The number of alkyl halides is 1. The summed E-state index contributed by atoms with van der Waals surface area (Å²) < 4.78 is 10.6. The van der Waals surface area contributed by atoms with Crippen LogP contribution in [0.25, 0.3) is 11.1 Å². The number of H-pyrrole nitrogens is 1. The summed E-state index contributed by atoms with van der Waals surface area (Å²) >= 11 is 6.36. The lowest BCUT2D eigenvalue weighted by atomic mass is 10.0. The van der Waals surface area contributed by atoms with Gasteiger partial charge in [0.15, 0.2) is 5.58 Å². The molecule has 2 atom stereocenters. The summed E-state index contributed by atoms with van der Waals surface area (Å²) in [5.41, 5.74) is 2.15. The number of fused-ring (bicyclic) bond motifs is 1. The fraction of sp³-hybridized carbons (Fsp3) is 0.417. The highest BCUT2D eigenvalue weighted by Gasteiger charge is 2.25. The van der Waals surface area contributed by atoms with E-state index in [1.165, 1.54) is 0 Å². The predicted octanol–water partition coefficient (Wildman–Crippen LogP) is 2.58. The molecule has 0 aliphatic carbocycles. The number of hydrogen-bond donors (Lipinski definition) is 1. The van der Waals surface area contributed by atoms with E-state index >= 15 is 0 Å². The lowest BCUT2D eigenvalue weighted by molar-refractivity contribution is 0.107. The summed E-state index contributed by atoms with van der Waals surface area (Å²) in [6, 6.07) is 5.50. The van der Waals surface area contributed by atoms with E-state index in [1.807, 2.05) is 6.07 Å². The van der Waals surface area contributed by atoms with E-state index in [4.69, 9.17) is 20.8 Å². The van der Waals surface area contributed by atoms with Crippen molar-refractivity contribution in [3.63, 3.8) is 0 Å². The summed E-state index contributed by atoms with van der Waals surface area (Å²) in [6.45, 7) is 0.773. The van der Waals surface area contributed by atoms with Crippen LogP contribution in [0.2, 0.25) is 0 Å². The van der Waals surface area contributed by atoms with Gasteiger partial charge in [0.05, 0.1) is 17.0 Å². The second-order valence-corrected chi connectivity index (χ2v) is 4.69. The van der Waals surface area contributed by atoms with Crippen LogP contribution in [-0.4, -0.2) is 17.7 Å². The van der Waals surface area contributed by atoms with Crippen molar-refractivity contribution in [3.8, 4) is 0 Å². The summed E-state index contributed by atoms with van der Waals surface area (Å²) in [5.74, 6) is -0.444. The van der Waals surface area contributed by atoms with E-state index < -0.39 is 5.76 Å². The second-order valence-electron chi connectivity index (χ2n) is 4.22. The number of aromatic nitrogens is 1. The highest BCUT2D eigenvalue weighted by molar-refractivity contribution is 6.21. The van der Waals surface area contributed by atoms with Gasteiger partial charge in [-0.2, -0.15) is 0 Å². The minimum atomic E-state index is -0.444. The first kappa shape index (κ1) is 10.9. The quantitative estimate of drug-likeness (QED) is 0.837. The third kappa shape index (κ3) is 1.98. The molecule has 1 N–H and O–H groups in total. The van der Waals surface area contributed by atoms with Gasteiger partial charge in [-0.1, -0.05) is 6.07 Å². The lowest BCUT2D eigenvalue weighted by Gasteiger charge is -2.16. The Labute approximate surface area is 103 Å². The Hall–Kier alpha value is -1.26. The first-order chi connectivity index (χ1) is 8.24. The topological polar surface area (TPSA) is 55.2 Å². The molecule has 1 aliphatic heterocycles. The van der Waals surface area contributed by atoms with E-state index in [9.17, 15) is 4.79 Å². The van der Waals surface area contributed by atoms with Gasteiger partial charge in [0.1, 0.15) is 0 Å². The molecule has 0 amide bonds. The Bertz CT molecular complexity index is 583. The molecule has 90 valence electrons. The smallest absolute Gasteiger partial charge is 0.408 e. The first-order valence-corrected chi connectivity index (χ1v) is 6.06. The summed E-state index contributed by atoms with van der Waals surface area (Å²) in [6.07, 6.45) is 2.08. The summed E-state index contributed by atoms with van der Waals surface area (Å²) in [5, 5.41) is -0.192. The van der Waals surface area contributed by atoms with Crippen molar-refractivity contribution < 1.29 is 9.15 Å². The van der Waals surface area contributed by atoms with Crippen LogP contribution < -0.4 is 5.76 Å². The molecular formula is C12H12ClNO3. The van der Waals surface area contributed by atoms with Crippen molar-refractivity contribution in [2.24, 2.45) is 0 Å². The Morgan fingerprint density at radius 2 is 2.35 bits per heavy atom. The van der Waals surface area contributed by atoms with Crippen LogP contribution >= 0.6 is 11.6 Å². The molecule has 17 heavy (non-hydrogen) atoms. The molecule has 5 heteroatoms. The molecule has 2 aromatic rings. The number of rotatable bonds is 2. The fourth-order valence-corrected chi connectivity index (χ4v) is 2.52. The van der Waals surface area contributed by atoms with Crippen LogP contribution in [0.15, 0.2) is 27.4 Å². The van der Waals surface area contributed by atoms with E-state index in [1.54, 1.807) is 12.1 Å². The number of benzene rings is 1. The number of oxazole rings is 1. The van der Waals surface area contributed by atoms with Gasteiger partial charge in [0, 0.05) is 6.61 Å². The largest absolute Gasteiger partial charge is 0.417 e. The van der Waals surface area contributed by atoms with Crippen LogP contribution in [0.4, 0.5) is 0 Å². The van der Waals surface area contributed by atoms with E-state index in [0.29, 0.717) is 11.1 Å². The van der Waals surface area contributed by atoms with Gasteiger partial charge >= 0.3 is 5.76 Å². The van der Waals surface area contributed by atoms with Crippen LogP contribution in [0.1, 0.15) is 23.8 Å². The number of nitrogens with one attached hydrogen (secondary N) is 1. The average molecular weight is 254 g/mol. The Kier molecular flexibility index (Phi) is 2.68. The number of halogens is 1. The van der Waals surface area contributed by atoms with Gasteiger partial charge in [-0.15, -0.1) is 11.6 Å². The number of hydrogen-bond acceptors (Lipinski definition) is 3. The third-order valence-electron chi connectivity index (χ3n) is 3.05. The molecular weight excluding hydrogens is 242 g/mol.